The largest absolute Gasteiger partial charge is 0.0622 e. The molecule has 11 rings (SSSR count). The molecule has 0 spiro atoms. The first kappa shape index (κ1) is 33.1. The van der Waals surface area contributed by atoms with E-state index < -0.39 is 0 Å². The Morgan fingerprint density at radius 3 is 1.34 bits per heavy atom. The Balaban J connectivity index is 1.18. The second-order valence-electron chi connectivity index (χ2n) is 18.1. The van der Waals surface area contributed by atoms with Gasteiger partial charge in [0, 0.05) is 0 Å². The van der Waals surface area contributed by atoms with Crippen LogP contribution >= 0.6 is 0 Å². The number of rotatable bonds is 3. The topological polar surface area (TPSA) is 0 Å². The van der Waals surface area contributed by atoms with Crippen LogP contribution in [0, 0.1) is 0 Å². The Morgan fingerprint density at radius 1 is 0.286 bits per heavy atom. The monoisotopic (exact) mass is 716 g/mol. The van der Waals surface area contributed by atoms with E-state index in [1.54, 1.807) is 0 Å². The molecule has 0 nitrogen and oxygen atoms in total. The molecule has 0 amide bonds. The third-order valence-electron chi connectivity index (χ3n) is 12.6. The summed E-state index contributed by atoms with van der Waals surface area (Å²) in [5, 5.41) is 7.98. The molecule has 0 bridgehead atoms. The highest BCUT2D eigenvalue weighted by Gasteiger charge is 2.32. The van der Waals surface area contributed by atoms with Crippen LogP contribution < -0.4 is 0 Å². The average Bonchev–Trinajstić information content (AvgIpc) is 3.70. The van der Waals surface area contributed by atoms with E-state index in [1.807, 2.05) is 0 Å². The molecule has 0 aromatic heterocycles. The lowest BCUT2D eigenvalue weighted by molar-refractivity contribution is 0.589. The fourth-order valence-electron chi connectivity index (χ4n) is 9.84. The second-order valence-corrected chi connectivity index (χ2v) is 18.1. The third-order valence-corrected chi connectivity index (χ3v) is 12.6. The highest BCUT2D eigenvalue weighted by molar-refractivity contribution is 6.29. The molecule has 0 heterocycles. The van der Waals surface area contributed by atoms with Crippen LogP contribution in [0.1, 0.15) is 52.7 Å². The van der Waals surface area contributed by atoms with Crippen LogP contribution in [0.4, 0.5) is 0 Å². The van der Waals surface area contributed by atoms with Crippen molar-refractivity contribution in [2.24, 2.45) is 0 Å². The van der Waals surface area contributed by atoms with E-state index >= 15 is 0 Å². The minimum atomic E-state index is 0.0393. The maximum Gasteiger partial charge on any atom is -0.000741 e. The zero-order chi connectivity index (χ0) is 38.1. The van der Waals surface area contributed by atoms with Gasteiger partial charge in [-0.05, 0) is 150 Å². The Bertz CT molecular complexity index is 3010. The maximum atomic E-state index is 2.48. The molecule has 0 radical (unpaired) electrons. The fraction of sp³-hybridized carbons (Fsp3) is 0.143. The Morgan fingerprint density at radius 2 is 0.768 bits per heavy atom. The Hall–Kier alpha value is -6.24. The van der Waals surface area contributed by atoms with Gasteiger partial charge in [-0.25, -0.2) is 0 Å². The predicted molar refractivity (Wildman–Crippen MR) is 242 cm³/mol. The van der Waals surface area contributed by atoms with Crippen molar-refractivity contribution in [2.75, 3.05) is 0 Å². The molecule has 0 aliphatic heterocycles. The van der Waals surface area contributed by atoms with Crippen molar-refractivity contribution in [3.05, 3.63) is 169 Å². The molecule has 0 atom stereocenters. The second kappa shape index (κ2) is 11.6. The van der Waals surface area contributed by atoms with E-state index in [-0.39, 0.29) is 10.8 Å². The van der Waals surface area contributed by atoms with E-state index in [0.29, 0.717) is 0 Å². The van der Waals surface area contributed by atoms with Crippen LogP contribution in [0.15, 0.2) is 158 Å². The van der Waals surface area contributed by atoms with E-state index in [2.05, 4.69) is 199 Å². The Kier molecular flexibility index (Phi) is 6.88. The van der Waals surface area contributed by atoms with Gasteiger partial charge in [-0.3, -0.25) is 0 Å². The first-order chi connectivity index (χ1) is 27.1. The van der Waals surface area contributed by atoms with Crippen LogP contribution in [-0.2, 0) is 10.8 Å². The van der Waals surface area contributed by atoms with Gasteiger partial charge >= 0.3 is 0 Å². The summed E-state index contributed by atoms with van der Waals surface area (Å²) in [7, 11) is 0. The summed E-state index contributed by atoms with van der Waals surface area (Å²) in [6.45, 7) is 14.0. The van der Waals surface area contributed by atoms with Crippen molar-refractivity contribution >= 4 is 32.3 Å². The van der Waals surface area contributed by atoms with Gasteiger partial charge in [-0.2, -0.15) is 0 Å². The van der Waals surface area contributed by atoms with Crippen LogP contribution in [0.25, 0.3) is 110 Å². The Labute approximate surface area is 330 Å². The van der Waals surface area contributed by atoms with Crippen molar-refractivity contribution in [3.8, 4) is 77.9 Å². The zero-order valence-electron chi connectivity index (χ0n) is 33.0. The molecule has 2 aliphatic carbocycles. The molecule has 9 aromatic rings. The standard InChI is InChI=1S/C56H44/c1-55(2,3)37-28-36-29-38(56(4,5)6)32-48-46-30-35(24-25-40(46)47(31-37)49(36)48)39-26-27-45-52-41(39)22-15-23-44(52)53-50(33-16-9-7-10-17-33)42-20-13-14-21-43(42)51(54(45)53)34-18-11-8-12-19-34/h7-32H,1-6H3. The van der Waals surface area contributed by atoms with Gasteiger partial charge in [0.1, 0.15) is 0 Å². The van der Waals surface area contributed by atoms with Crippen LogP contribution in [0.5, 0.6) is 0 Å². The lowest BCUT2D eigenvalue weighted by atomic mass is 9.81. The smallest absolute Gasteiger partial charge is 0.000741 e. The van der Waals surface area contributed by atoms with E-state index in [9.17, 15) is 0 Å². The number of benzene rings is 9. The van der Waals surface area contributed by atoms with Crippen LogP contribution in [-0.4, -0.2) is 0 Å². The van der Waals surface area contributed by atoms with E-state index in [4.69, 9.17) is 0 Å². The van der Waals surface area contributed by atoms with Crippen LogP contribution in [0.2, 0.25) is 0 Å². The van der Waals surface area contributed by atoms with Crippen LogP contribution in [0.3, 0.4) is 0 Å². The summed E-state index contributed by atoms with van der Waals surface area (Å²) in [5.41, 5.74) is 21.3. The average molecular weight is 717 g/mol. The van der Waals surface area contributed by atoms with Gasteiger partial charge in [0.2, 0.25) is 0 Å². The van der Waals surface area contributed by atoms with Crippen molar-refractivity contribution < 1.29 is 0 Å². The summed E-state index contributed by atoms with van der Waals surface area (Å²) in [6, 6.07) is 59.9. The first-order valence-corrected chi connectivity index (χ1v) is 20.1. The van der Waals surface area contributed by atoms with Gasteiger partial charge in [0.15, 0.2) is 0 Å². The highest BCUT2D eigenvalue weighted by atomic mass is 14.3. The summed E-state index contributed by atoms with van der Waals surface area (Å²) in [6.07, 6.45) is 0. The summed E-state index contributed by atoms with van der Waals surface area (Å²) in [4.78, 5) is 0. The molecule has 0 heteroatoms. The molecule has 9 aromatic carbocycles. The molecule has 0 unspecified atom stereocenters. The molecule has 56 heavy (non-hydrogen) atoms. The van der Waals surface area contributed by atoms with Gasteiger partial charge < -0.3 is 0 Å². The normalized spacial score (nSPS) is 12.8. The summed E-state index contributed by atoms with van der Waals surface area (Å²) >= 11 is 0. The molecule has 268 valence electrons. The van der Waals surface area contributed by atoms with Gasteiger partial charge in [0.25, 0.3) is 0 Å². The number of hydrogen-bond acceptors (Lipinski definition) is 0. The van der Waals surface area contributed by atoms with E-state index in [0.717, 1.165) is 0 Å². The summed E-state index contributed by atoms with van der Waals surface area (Å²) < 4.78 is 0. The van der Waals surface area contributed by atoms with Gasteiger partial charge in [-0.15, -0.1) is 0 Å². The fourth-order valence-corrected chi connectivity index (χ4v) is 9.84. The first-order valence-electron chi connectivity index (χ1n) is 20.1. The van der Waals surface area contributed by atoms with E-state index in [1.165, 1.54) is 121 Å². The SMILES string of the molecule is CC(C)(C)c1cc2c3c(cc(C(C)(C)C)cc3c1)-c1cc(-c3ccc4c5c(cccc35)-c3c-4c(-c4ccccc4)c4ccccc4c3-c3ccccc3)ccc1-2. The number of fused-ring (bicyclic) bond motifs is 7. The van der Waals surface area contributed by atoms with Gasteiger partial charge in [-0.1, -0.05) is 181 Å². The maximum absolute atomic E-state index is 2.48. The van der Waals surface area contributed by atoms with Gasteiger partial charge in [0.05, 0.1) is 0 Å². The minimum Gasteiger partial charge on any atom is -0.0622 e. The lowest BCUT2D eigenvalue weighted by Crippen LogP contribution is -2.12. The summed E-state index contributed by atoms with van der Waals surface area (Å²) in [5.74, 6) is 0. The number of hydrogen-bond donors (Lipinski definition) is 0. The predicted octanol–water partition coefficient (Wildman–Crippen LogP) is 16.0. The van der Waals surface area contributed by atoms with Crippen molar-refractivity contribution in [2.45, 2.75) is 52.4 Å². The molecule has 0 N–H and O–H groups in total. The molecule has 2 aliphatic rings. The molecule has 0 fully saturated rings. The highest BCUT2D eigenvalue weighted by Crippen LogP contribution is 2.59. The molecular formula is C56H44. The van der Waals surface area contributed by atoms with Crippen molar-refractivity contribution in [1.82, 2.24) is 0 Å². The molecular weight excluding hydrogens is 673 g/mol. The minimum absolute atomic E-state index is 0.0393. The quantitative estimate of drug-likeness (QED) is 0.171. The lowest BCUT2D eigenvalue weighted by Gasteiger charge is -2.23. The van der Waals surface area contributed by atoms with Crippen molar-refractivity contribution in [1.29, 1.82) is 0 Å². The molecule has 0 saturated carbocycles. The van der Waals surface area contributed by atoms with Crippen molar-refractivity contribution in [3.63, 3.8) is 0 Å². The zero-order valence-corrected chi connectivity index (χ0v) is 33.0. The molecule has 0 saturated heterocycles. The third kappa shape index (κ3) is 4.72.